The second-order valence-corrected chi connectivity index (χ2v) is 5.44. The smallest absolute Gasteiger partial charge is 0.188 e. The van der Waals surface area contributed by atoms with E-state index in [4.69, 9.17) is 5.73 Å². The van der Waals surface area contributed by atoms with Crippen molar-refractivity contribution in [1.29, 1.82) is 0 Å². The average molecular weight is 239 g/mol. The topological polar surface area (TPSA) is 50.4 Å². The highest BCUT2D eigenvalue weighted by Gasteiger charge is 2.23. The van der Waals surface area contributed by atoms with Crippen molar-refractivity contribution >= 4 is 5.96 Å². The number of aliphatic imine (C=N–C) groups is 1. The molecular weight excluding hydrogens is 210 g/mol. The minimum Gasteiger partial charge on any atom is -0.370 e. The Kier molecular flexibility index (Phi) is 5.79. The lowest BCUT2D eigenvalue weighted by atomic mass is 9.80. The van der Waals surface area contributed by atoms with E-state index in [-0.39, 0.29) is 0 Å². The van der Waals surface area contributed by atoms with Crippen LogP contribution in [0.2, 0.25) is 0 Å². The maximum absolute atomic E-state index is 5.91. The van der Waals surface area contributed by atoms with E-state index >= 15 is 0 Å². The predicted molar refractivity (Wildman–Crippen MR) is 75.1 cm³/mol. The van der Waals surface area contributed by atoms with Gasteiger partial charge in [0.15, 0.2) is 5.96 Å². The number of nitrogens with two attached hydrogens (primary N) is 1. The first-order valence-corrected chi connectivity index (χ1v) is 7.19. The fourth-order valence-corrected chi connectivity index (χ4v) is 2.34. The largest absolute Gasteiger partial charge is 0.370 e. The van der Waals surface area contributed by atoms with E-state index < -0.39 is 0 Å². The molecule has 0 aliphatic heterocycles. The molecule has 0 bridgehead atoms. The molecule has 3 N–H and O–H groups in total. The highest BCUT2D eigenvalue weighted by atomic mass is 15.1. The molecule has 0 spiro atoms. The molecular formula is C14H29N3. The number of nitrogens with one attached hydrogen (secondary N) is 1. The van der Waals surface area contributed by atoms with Crippen molar-refractivity contribution in [3.63, 3.8) is 0 Å². The molecule has 1 fully saturated rings. The summed E-state index contributed by atoms with van der Waals surface area (Å²) < 4.78 is 0. The molecule has 100 valence electrons. The summed E-state index contributed by atoms with van der Waals surface area (Å²) in [5, 5.41) is 3.26. The van der Waals surface area contributed by atoms with Gasteiger partial charge in [0.05, 0.1) is 0 Å². The fourth-order valence-electron chi connectivity index (χ4n) is 2.34. The first-order chi connectivity index (χ1) is 8.15. The van der Waals surface area contributed by atoms with Gasteiger partial charge in [-0.15, -0.1) is 0 Å². The summed E-state index contributed by atoms with van der Waals surface area (Å²) in [5.74, 6) is 1.47. The Morgan fingerprint density at radius 1 is 1.24 bits per heavy atom. The molecule has 0 heterocycles. The zero-order valence-corrected chi connectivity index (χ0v) is 11.8. The van der Waals surface area contributed by atoms with Crippen LogP contribution in [-0.4, -0.2) is 19.0 Å². The van der Waals surface area contributed by atoms with Gasteiger partial charge in [-0.05, 0) is 43.4 Å². The van der Waals surface area contributed by atoms with Gasteiger partial charge in [0, 0.05) is 13.1 Å². The molecule has 0 atom stereocenters. The Balaban J connectivity index is 2.33. The first-order valence-electron chi connectivity index (χ1n) is 7.19. The SMILES string of the molecule is CCC(CC)(CC)CN=C(N)NCC1CCC1. The molecule has 3 heteroatoms. The Labute approximate surface area is 106 Å². The number of nitrogens with zero attached hydrogens (tertiary/aromatic N) is 1. The molecule has 1 rings (SSSR count). The van der Waals surface area contributed by atoms with Gasteiger partial charge in [0.1, 0.15) is 0 Å². The summed E-state index contributed by atoms with van der Waals surface area (Å²) in [7, 11) is 0. The second kappa shape index (κ2) is 6.87. The van der Waals surface area contributed by atoms with Crippen LogP contribution in [0.5, 0.6) is 0 Å². The second-order valence-electron chi connectivity index (χ2n) is 5.44. The van der Waals surface area contributed by atoms with Gasteiger partial charge in [-0.2, -0.15) is 0 Å². The third-order valence-electron chi connectivity index (χ3n) is 4.63. The standard InChI is InChI=1S/C14H29N3/c1-4-14(5-2,6-3)11-17-13(15)16-10-12-8-7-9-12/h12H,4-11H2,1-3H3,(H3,15,16,17). The van der Waals surface area contributed by atoms with Gasteiger partial charge in [0.25, 0.3) is 0 Å². The van der Waals surface area contributed by atoms with E-state index in [0.717, 1.165) is 19.0 Å². The zero-order valence-electron chi connectivity index (χ0n) is 11.8. The molecule has 0 unspecified atom stereocenters. The van der Waals surface area contributed by atoms with E-state index in [1.807, 2.05) is 0 Å². The number of hydrogen-bond acceptors (Lipinski definition) is 1. The molecule has 1 saturated carbocycles. The molecule has 0 amide bonds. The minimum absolute atomic E-state index is 0.350. The highest BCUT2D eigenvalue weighted by molar-refractivity contribution is 5.77. The Hall–Kier alpha value is -0.730. The fraction of sp³-hybridized carbons (Fsp3) is 0.929. The van der Waals surface area contributed by atoms with Crippen LogP contribution in [0.15, 0.2) is 4.99 Å². The molecule has 3 nitrogen and oxygen atoms in total. The van der Waals surface area contributed by atoms with E-state index in [1.54, 1.807) is 0 Å². The van der Waals surface area contributed by atoms with Crippen LogP contribution >= 0.6 is 0 Å². The van der Waals surface area contributed by atoms with Crippen LogP contribution in [-0.2, 0) is 0 Å². The lowest BCUT2D eigenvalue weighted by Crippen LogP contribution is -2.38. The van der Waals surface area contributed by atoms with Crippen LogP contribution in [0.1, 0.15) is 59.3 Å². The van der Waals surface area contributed by atoms with Crippen LogP contribution in [0.3, 0.4) is 0 Å². The van der Waals surface area contributed by atoms with E-state index in [9.17, 15) is 0 Å². The normalized spacial score (nSPS) is 17.9. The van der Waals surface area contributed by atoms with Crippen LogP contribution in [0.4, 0.5) is 0 Å². The monoisotopic (exact) mass is 239 g/mol. The van der Waals surface area contributed by atoms with Crippen molar-refractivity contribution in [3.05, 3.63) is 0 Å². The summed E-state index contributed by atoms with van der Waals surface area (Å²) in [6, 6.07) is 0. The summed E-state index contributed by atoms with van der Waals surface area (Å²) in [6.45, 7) is 8.62. The minimum atomic E-state index is 0.350. The van der Waals surface area contributed by atoms with Crippen molar-refractivity contribution in [2.24, 2.45) is 22.1 Å². The number of guanidine groups is 1. The van der Waals surface area contributed by atoms with Crippen molar-refractivity contribution < 1.29 is 0 Å². The third kappa shape index (κ3) is 4.21. The Morgan fingerprint density at radius 2 is 1.82 bits per heavy atom. The van der Waals surface area contributed by atoms with Gasteiger partial charge in [-0.1, -0.05) is 27.2 Å². The van der Waals surface area contributed by atoms with Crippen molar-refractivity contribution in [1.82, 2.24) is 5.32 Å². The molecule has 17 heavy (non-hydrogen) atoms. The zero-order chi connectivity index (χ0) is 12.7. The van der Waals surface area contributed by atoms with E-state index in [1.165, 1.54) is 38.5 Å². The molecule has 1 aliphatic carbocycles. The van der Waals surface area contributed by atoms with Crippen molar-refractivity contribution in [2.45, 2.75) is 59.3 Å². The van der Waals surface area contributed by atoms with Gasteiger partial charge in [-0.25, -0.2) is 0 Å². The summed E-state index contributed by atoms with van der Waals surface area (Å²) in [5.41, 5.74) is 6.26. The molecule has 1 aliphatic rings. The van der Waals surface area contributed by atoms with Gasteiger partial charge >= 0.3 is 0 Å². The van der Waals surface area contributed by atoms with Gasteiger partial charge in [0.2, 0.25) is 0 Å². The highest BCUT2D eigenvalue weighted by Crippen LogP contribution is 2.30. The summed E-state index contributed by atoms with van der Waals surface area (Å²) in [6.07, 6.45) is 7.62. The number of hydrogen-bond donors (Lipinski definition) is 2. The maximum atomic E-state index is 5.91. The lowest BCUT2D eigenvalue weighted by Gasteiger charge is -2.29. The van der Waals surface area contributed by atoms with Crippen LogP contribution in [0.25, 0.3) is 0 Å². The third-order valence-corrected chi connectivity index (χ3v) is 4.63. The van der Waals surface area contributed by atoms with Gasteiger partial charge in [-0.3, -0.25) is 4.99 Å². The molecule has 0 aromatic rings. The Morgan fingerprint density at radius 3 is 2.24 bits per heavy atom. The Bertz CT molecular complexity index is 232. The van der Waals surface area contributed by atoms with Crippen LogP contribution in [0, 0.1) is 11.3 Å². The predicted octanol–water partition coefficient (Wildman–Crippen LogP) is 2.91. The first kappa shape index (κ1) is 14.3. The number of rotatable bonds is 7. The molecule has 0 aromatic heterocycles. The summed E-state index contributed by atoms with van der Waals surface area (Å²) >= 11 is 0. The van der Waals surface area contributed by atoms with E-state index in [2.05, 4.69) is 31.1 Å². The maximum Gasteiger partial charge on any atom is 0.188 e. The van der Waals surface area contributed by atoms with Crippen LogP contribution < -0.4 is 11.1 Å². The molecule has 0 aromatic carbocycles. The van der Waals surface area contributed by atoms with E-state index in [0.29, 0.717) is 11.4 Å². The average Bonchev–Trinajstić information content (AvgIpc) is 2.30. The van der Waals surface area contributed by atoms with Crippen molar-refractivity contribution in [3.8, 4) is 0 Å². The molecule has 0 radical (unpaired) electrons. The summed E-state index contributed by atoms with van der Waals surface area (Å²) in [4.78, 5) is 4.52. The molecule has 0 saturated heterocycles. The lowest BCUT2D eigenvalue weighted by molar-refractivity contribution is 0.262. The quantitative estimate of drug-likeness (QED) is 0.530. The van der Waals surface area contributed by atoms with Gasteiger partial charge < -0.3 is 11.1 Å². The van der Waals surface area contributed by atoms with Crippen molar-refractivity contribution in [2.75, 3.05) is 13.1 Å².